The van der Waals surface area contributed by atoms with Crippen molar-refractivity contribution in [3.8, 4) is 17.6 Å². The summed E-state index contributed by atoms with van der Waals surface area (Å²) in [5.74, 6) is 5.39. The van der Waals surface area contributed by atoms with E-state index in [0.29, 0.717) is 16.1 Å². The molecule has 5 heteroatoms. The second-order valence-corrected chi connectivity index (χ2v) is 3.25. The Bertz CT molecular complexity index is 481. The van der Waals surface area contributed by atoms with E-state index < -0.39 is 0 Å². The van der Waals surface area contributed by atoms with Crippen LogP contribution in [-0.2, 0) is 0 Å². The molecular weight excluding hydrogens is 214 g/mol. The van der Waals surface area contributed by atoms with E-state index in [-0.39, 0.29) is 12.3 Å². The molecule has 1 rings (SSSR count). The lowest BCUT2D eigenvalue weighted by atomic mass is 10.1. The molecule has 0 aliphatic heterocycles. The lowest BCUT2D eigenvalue weighted by Gasteiger charge is -2.01. The number of azide groups is 1. The first-order valence-corrected chi connectivity index (χ1v) is 4.52. The van der Waals surface area contributed by atoms with Crippen LogP contribution in [0.25, 0.3) is 10.4 Å². The molecule has 0 heterocycles. The molecule has 0 radical (unpaired) electrons. The monoisotopic (exact) mass is 221 g/mol. The van der Waals surface area contributed by atoms with Crippen molar-refractivity contribution in [3.63, 3.8) is 0 Å². The highest BCUT2D eigenvalue weighted by Gasteiger charge is 2.03. The minimum absolute atomic E-state index is 0.0709. The van der Waals surface area contributed by atoms with E-state index in [1.54, 1.807) is 19.1 Å². The molecule has 0 spiro atoms. The number of phenolic OH excluding ortho intramolecular Hbond substituents is 1. The van der Waals surface area contributed by atoms with Crippen LogP contribution in [-0.4, -0.2) is 11.7 Å². The van der Waals surface area contributed by atoms with Gasteiger partial charge in [-0.3, -0.25) is 0 Å². The van der Waals surface area contributed by atoms with Gasteiger partial charge in [0.05, 0.1) is 12.1 Å². The summed E-state index contributed by atoms with van der Waals surface area (Å²) in [5.41, 5.74) is 9.13. The number of hydrogen-bond donors (Lipinski definition) is 1. The van der Waals surface area contributed by atoms with Gasteiger partial charge in [0.25, 0.3) is 0 Å². The smallest absolute Gasteiger partial charge is 0.134 e. The molecule has 0 fully saturated rings. The van der Waals surface area contributed by atoms with Crippen LogP contribution in [0.1, 0.15) is 11.1 Å². The van der Waals surface area contributed by atoms with Crippen molar-refractivity contribution in [1.82, 2.24) is 0 Å². The largest absolute Gasteiger partial charge is 0.506 e. The summed E-state index contributed by atoms with van der Waals surface area (Å²) in [6, 6.07) is 3.21. The number of benzene rings is 1. The van der Waals surface area contributed by atoms with E-state index in [0.717, 1.165) is 0 Å². The van der Waals surface area contributed by atoms with Gasteiger partial charge in [-0.15, -0.1) is 0 Å². The van der Waals surface area contributed by atoms with Gasteiger partial charge in [-0.1, -0.05) is 28.6 Å². The molecule has 1 N–H and O–H groups in total. The second-order valence-electron chi connectivity index (χ2n) is 2.81. The highest BCUT2D eigenvalue weighted by atomic mass is 35.5. The predicted octanol–water partition coefficient (Wildman–Crippen LogP) is 3.02. The Hall–Kier alpha value is -1.82. The summed E-state index contributed by atoms with van der Waals surface area (Å²) in [6.45, 7) is 1.81. The highest BCUT2D eigenvalue weighted by molar-refractivity contribution is 6.30. The molecule has 0 aliphatic carbocycles. The number of nitrogens with zero attached hydrogens (tertiary/aromatic N) is 3. The lowest BCUT2D eigenvalue weighted by molar-refractivity contribution is 0.469. The fourth-order valence-corrected chi connectivity index (χ4v) is 1.31. The van der Waals surface area contributed by atoms with Gasteiger partial charge in [-0.25, -0.2) is 0 Å². The topological polar surface area (TPSA) is 69.0 Å². The van der Waals surface area contributed by atoms with Gasteiger partial charge in [0, 0.05) is 9.93 Å². The fraction of sp³-hybridized carbons (Fsp3) is 0.200. The molecule has 4 nitrogen and oxygen atoms in total. The number of halogens is 1. The number of aryl methyl sites for hydroxylation is 1. The minimum atomic E-state index is 0.0709. The molecule has 1 aromatic rings. The Balaban J connectivity index is 3.02. The normalized spacial score (nSPS) is 8.67. The van der Waals surface area contributed by atoms with E-state index in [1.807, 2.05) is 0 Å². The van der Waals surface area contributed by atoms with Gasteiger partial charge in [-0.05, 0) is 30.2 Å². The molecule has 0 saturated heterocycles. The van der Waals surface area contributed by atoms with Gasteiger partial charge in [0.2, 0.25) is 0 Å². The van der Waals surface area contributed by atoms with E-state index in [2.05, 4.69) is 21.9 Å². The molecule has 0 unspecified atom stereocenters. The minimum Gasteiger partial charge on any atom is -0.506 e. The molecular formula is C10H8ClN3O. The Kier molecular flexibility index (Phi) is 3.87. The maximum Gasteiger partial charge on any atom is 0.134 e. The average molecular weight is 222 g/mol. The van der Waals surface area contributed by atoms with Gasteiger partial charge in [-0.2, -0.15) is 0 Å². The van der Waals surface area contributed by atoms with Crippen molar-refractivity contribution < 1.29 is 5.11 Å². The number of hydrogen-bond acceptors (Lipinski definition) is 2. The first kappa shape index (κ1) is 11.3. The van der Waals surface area contributed by atoms with Crippen molar-refractivity contribution in [1.29, 1.82) is 0 Å². The van der Waals surface area contributed by atoms with E-state index in [9.17, 15) is 5.11 Å². The summed E-state index contributed by atoms with van der Waals surface area (Å²) in [5, 5.41) is 13.4. The molecule has 0 aliphatic rings. The van der Waals surface area contributed by atoms with Gasteiger partial charge in [0.15, 0.2) is 0 Å². The number of phenols is 1. The third-order valence-electron chi connectivity index (χ3n) is 1.70. The predicted molar refractivity (Wildman–Crippen MR) is 58.7 cm³/mol. The van der Waals surface area contributed by atoms with Crippen LogP contribution in [0.4, 0.5) is 0 Å². The van der Waals surface area contributed by atoms with Crippen LogP contribution < -0.4 is 0 Å². The quantitative estimate of drug-likeness (QED) is 0.337. The zero-order valence-electron chi connectivity index (χ0n) is 8.03. The van der Waals surface area contributed by atoms with E-state index in [1.165, 1.54) is 0 Å². The summed E-state index contributed by atoms with van der Waals surface area (Å²) in [4.78, 5) is 2.56. The van der Waals surface area contributed by atoms with E-state index in [4.69, 9.17) is 17.1 Å². The van der Waals surface area contributed by atoms with Gasteiger partial charge in [0.1, 0.15) is 5.75 Å². The zero-order chi connectivity index (χ0) is 11.3. The van der Waals surface area contributed by atoms with Crippen LogP contribution in [0, 0.1) is 18.8 Å². The molecule has 0 atom stereocenters. The number of aromatic hydroxyl groups is 1. The summed E-state index contributed by atoms with van der Waals surface area (Å²) < 4.78 is 0. The third-order valence-corrected chi connectivity index (χ3v) is 1.92. The summed E-state index contributed by atoms with van der Waals surface area (Å²) in [6.07, 6.45) is 0. The fourth-order valence-electron chi connectivity index (χ4n) is 1.03. The van der Waals surface area contributed by atoms with Crippen molar-refractivity contribution in [2.75, 3.05) is 6.54 Å². The maximum absolute atomic E-state index is 9.61. The van der Waals surface area contributed by atoms with E-state index >= 15 is 0 Å². The van der Waals surface area contributed by atoms with Gasteiger partial charge < -0.3 is 5.11 Å². The van der Waals surface area contributed by atoms with Crippen LogP contribution in [0.2, 0.25) is 5.02 Å². The van der Waals surface area contributed by atoms with Crippen molar-refractivity contribution in [3.05, 3.63) is 38.7 Å². The summed E-state index contributed by atoms with van der Waals surface area (Å²) in [7, 11) is 0. The average Bonchev–Trinajstić information content (AvgIpc) is 2.19. The van der Waals surface area contributed by atoms with Crippen molar-refractivity contribution >= 4 is 11.6 Å². The molecule has 15 heavy (non-hydrogen) atoms. The Labute approximate surface area is 92.1 Å². The number of rotatable bonds is 1. The van der Waals surface area contributed by atoms with Crippen molar-refractivity contribution in [2.24, 2.45) is 5.11 Å². The highest BCUT2D eigenvalue weighted by Crippen LogP contribution is 2.25. The Morgan fingerprint density at radius 1 is 1.60 bits per heavy atom. The Morgan fingerprint density at radius 3 is 3.00 bits per heavy atom. The Morgan fingerprint density at radius 2 is 2.33 bits per heavy atom. The third kappa shape index (κ3) is 3.10. The molecule has 0 aromatic heterocycles. The maximum atomic E-state index is 9.61. The van der Waals surface area contributed by atoms with Crippen LogP contribution in [0.3, 0.4) is 0 Å². The van der Waals surface area contributed by atoms with Crippen LogP contribution >= 0.6 is 11.6 Å². The molecule has 0 saturated carbocycles. The molecule has 0 bridgehead atoms. The zero-order valence-corrected chi connectivity index (χ0v) is 8.78. The molecule has 76 valence electrons. The SMILES string of the molecule is Cc1cc(Cl)cc(C#CCN=[N+]=[N-])c1O. The molecule has 1 aromatic carbocycles. The summed E-state index contributed by atoms with van der Waals surface area (Å²) >= 11 is 5.80. The molecule has 0 amide bonds. The second kappa shape index (κ2) is 5.16. The first-order chi connectivity index (χ1) is 7.15. The van der Waals surface area contributed by atoms with Crippen molar-refractivity contribution in [2.45, 2.75) is 6.92 Å². The van der Waals surface area contributed by atoms with Crippen LogP contribution in [0.15, 0.2) is 17.2 Å². The lowest BCUT2D eigenvalue weighted by Crippen LogP contribution is -1.82. The first-order valence-electron chi connectivity index (χ1n) is 4.14. The van der Waals surface area contributed by atoms with Gasteiger partial charge >= 0.3 is 0 Å². The van der Waals surface area contributed by atoms with Crippen LogP contribution in [0.5, 0.6) is 5.75 Å². The standard InChI is InChI=1S/C10H8ClN3O/c1-7-5-9(11)6-8(10(7)15)3-2-4-13-14-12/h5-6,15H,4H2,1H3.